The molecule has 0 aromatic heterocycles. The van der Waals surface area contributed by atoms with E-state index in [0.29, 0.717) is 5.57 Å². The SMILES string of the molecule is COC(=O)/C(CN(C(C)=O)c1ccccc1)=C(\c1ccccc1)c1ccc(C(C)(C)C)cc1. The number of esters is 1. The number of carbonyl (C=O) groups excluding carboxylic acids is 2. The van der Waals surface area contributed by atoms with E-state index in [4.69, 9.17) is 4.74 Å². The molecule has 0 spiro atoms. The molecule has 0 radical (unpaired) electrons. The molecule has 4 nitrogen and oxygen atoms in total. The lowest BCUT2D eigenvalue weighted by atomic mass is 9.85. The maximum atomic E-state index is 13.1. The molecule has 3 aromatic rings. The van der Waals surface area contributed by atoms with E-state index in [1.165, 1.54) is 19.6 Å². The van der Waals surface area contributed by atoms with Gasteiger partial charge in [-0.05, 0) is 34.2 Å². The number of benzene rings is 3. The minimum absolute atomic E-state index is 0.0130. The van der Waals surface area contributed by atoms with Gasteiger partial charge in [0.1, 0.15) is 0 Å². The summed E-state index contributed by atoms with van der Waals surface area (Å²) in [6.45, 7) is 8.10. The summed E-state index contributed by atoms with van der Waals surface area (Å²) in [6.07, 6.45) is 0. The first-order valence-corrected chi connectivity index (χ1v) is 11.0. The van der Waals surface area contributed by atoms with E-state index in [1.54, 1.807) is 4.90 Å². The number of para-hydroxylation sites is 1. The molecule has 0 bridgehead atoms. The molecule has 0 aliphatic carbocycles. The Hall–Kier alpha value is -3.66. The lowest BCUT2D eigenvalue weighted by Crippen LogP contribution is -2.33. The number of nitrogens with zero attached hydrogens (tertiary/aromatic N) is 1. The normalized spacial score (nSPS) is 12.0. The third kappa shape index (κ3) is 5.78. The summed E-state index contributed by atoms with van der Waals surface area (Å²) in [5.74, 6) is -0.617. The van der Waals surface area contributed by atoms with Gasteiger partial charge >= 0.3 is 5.97 Å². The molecule has 3 aromatic carbocycles. The van der Waals surface area contributed by atoms with E-state index in [0.717, 1.165) is 22.4 Å². The standard InChI is InChI=1S/C29H31NO3/c1-21(31)30(25-14-10-7-11-15-25)20-26(28(32)33-5)27(22-12-8-6-9-13-22)23-16-18-24(19-17-23)29(2,3)4/h6-19H,20H2,1-5H3/b27-26+. The van der Waals surface area contributed by atoms with E-state index < -0.39 is 5.97 Å². The maximum absolute atomic E-state index is 13.1. The molecular formula is C29H31NO3. The molecule has 0 atom stereocenters. The smallest absolute Gasteiger partial charge is 0.336 e. The van der Waals surface area contributed by atoms with Crippen molar-refractivity contribution >= 4 is 23.1 Å². The van der Waals surface area contributed by atoms with Crippen LogP contribution in [-0.4, -0.2) is 25.5 Å². The highest BCUT2D eigenvalue weighted by Gasteiger charge is 2.24. The summed E-state index contributed by atoms with van der Waals surface area (Å²) in [7, 11) is 1.37. The third-order valence-corrected chi connectivity index (χ3v) is 5.60. The molecule has 0 saturated carbocycles. The van der Waals surface area contributed by atoms with Gasteiger partial charge in [-0.1, -0.05) is 93.6 Å². The Bertz CT molecular complexity index is 1120. The zero-order valence-corrected chi connectivity index (χ0v) is 20.0. The zero-order valence-electron chi connectivity index (χ0n) is 20.0. The van der Waals surface area contributed by atoms with Gasteiger partial charge in [-0.15, -0.1) is 0 Å². The van der Waals surface area contributed by atoms with Crippen molar-refractivity contribution in [1.82, 2.24) is 0 Å². The molecule has 1 amide bonds. The summed E-state index contributed by atoms with van der Waals surface area (Å²) in [5.41, 5.74) is 4.90. The van der Waals surface area contributed by atoms with Gasteiger partial charge in [0.25, 0.3) is 0 Å². The summed E-state index contributed by atoms with van der Waals surface area (Å²) in [5, 5.41) is 0. The molecular weight excluding hydrogens is 410 g/mol. The minimum atomic E-state index is -0.462. The second-order valence-corrected chi connectivity index (χ2v) is 8.98. The van der Waals surface area contributed by atoms with Crippen LogP contribution in [-0.2, 0) is 19.7 Å². The Kier molecular flexibility index (Phi) is 7.49. The molecule has 170 valence electrons. The number of anilines is 1. The van der Waals surface area contributed by atoms with Crippen LogP contribution in [0, 0.1) is 0 Å². The van der Waals surface area contributed by atoms with Crippen LogP contribution >= 0.6 is 0 Å². The van der Waals surface area contributed by atoms with Crippen LogP contribution in [0.15, 0.2) is 90.5 Å². The van der Waals surface area contributed by atoms with Crippen LogP contribution in [0.5, 0.6) is 0 Å². The summed E-state index contributed by atoms with van der Waals surface area (Å²) in [4.78, 5) is 27.3. The van der Waals surface area contributed by atoms with Crippen molar-refractivity contribution in [2.45, 2.75) is 33.1 Å². The largest absolute Gasteiger partial charge is 0.466 e. The first-order valence-electron chi connectivity index (χ1n) is 11.0. The molecule has 4 heteroatoms. The number of hydrogen-bond acceptors (Lipinski definition) is 3. The van der Waals surface area contributed by atoms with Crippen molar-refractivity contribution in [3.05, 3.63) is 107 Å². The number of ether oxygens (including phenoxy) is 1. The highest BCUT2D eigenvalue weighted by atomic mass is 16.5. The molecule has 0 fully saturated rings. The Morgan fingerprint density at radius 2 is 1.30 bits per heavy atom. The van der Waals surface area contributed by atoms with E-state index in [9.17, 15) is 9.59 Å². The van der Waals surface area contributed by atoms with Gasteiger partial charge in [0.05, 0.1) is 19.2 Å². The molecule has 3 rings (SSSR count). The van der Waals surface area contributed by atoms with Crippen LogP contribution in [0.3, 0.4) is 0 Å². The topological polar surface area (TPSA) is 46.6 Å². The van der Waals surface area contributed by atoms with Crippen molar-refractivity contribution in [2.75, 3.05) is 18.6 Å². The number of methoxy groups -OCH3 is 1. The Morgan fingerprint density at radius 1 is 0.788 bits per heavy atom. The van der Waals surface area contributed by atoms with Crippen LogP contribution < -0.4 is 4.90 Å². The molecule has 0 heterocycles. The second kappa shape index (κ2) is 10.3. The molecule has 0 saturated heterocycles. The Labute approximate surface area is 196 Å². The quantitative estimate of drug-likeness (QED) is 0.347. The van der Waals surface area contributed by atoms with Crippen molar-refractivity contribution in [1.29, 1.82) is 0 Å². The fourth-order valence-corrected chi connectivity index (χ4v) is 3.78. The van der Waals surface area contributed by atoms with E-state index in [1.807, 2.05) is 72.8 Å². The predicted octanol–water partition coefficient (Wildman–Crippen LogP) is 6.01. The van der Waals surface area contributed by atoms with Gasteiger partial charge in [-0.2, -0.15) is 0 Å². The number of hydrogen-bond donors (Lipinski definition) is 0. The number of rotatable bonds is 6. The van der Waals surface area contributed by atoms with Gasteiger partial charge < -0.3 is 9.64 Å². The van der Waals surface area contributed by atoms with Gasteiger partial charge in [0, 0.05) is 18.2 Å². The Balaban J connectivity index is 2.22. The number of carbonyl (C=O) groups is 2. The average molecular weight is 442 g/mol. The lowest BCUT2D eigenvalue weighted by Gasteiger charge is -2.25. The fourth-order valence-electron chi connectivity index (χ4n) is 3.78. The van der Waals surface area contributed by atoms with Crippen molar-refractivity contribution < 1.29 is 14.3 Å². The van der Waals surface area contributed by atoms with Gasteiger partial charge in [0.15, 0.2) is 0 Å². The molecule has 0 unspecified atom stereocenters. The summed E-state index contributed by atoms with van der Waals surface area (Å²) < 4.78 is 5.20. The predicted molar refractivity (Wildman–Crippen MR) is 134 cm³/mol. The van der Waals surface area contributed by atoms with Gasteiger partial charge in [-0.25, -0.2) is 4.79 Å². The van der Waals surface area contributed by atoms with E-state index in [2.05, 4.69) is 32.9 Å². The van der Waals surface area contributed by atoms with E-state index >= 15 is 0 Å². The number of amides is 1. The summed E-state index contributed by atoms with van der Waals surface area (Å²) in [6, 6.07) is 27.4. The third-order valence-electron chi connectivity index (χ3n) is 5.60. The fraction of sp³-hybridized carbons (Fsp3) is 0.241. The van der Waals surface area contributed by atoms with Gasteiger partial charge in [-0.3, -0.25) is 4.79 Å². The van der Waals surface area contributed by atoms with Crippen molar-refractivity contribution in [3.63, 3.8) is 0 Å². The van der Waals surface area contributed by atoms with Crippen LogP contribution in [0.4, 0.5) is 5.69 Å². The second-order valence-electron chi connectivity index (χ2n) is 8.98. The van der Waals surface area contributed by atoms with Crippen molar-refractivity contribution in [3.8, 4) is 0 Å². The average Bonchev–Trinajstić information content (AvgIpc) is 2.81. The molecule has 33 heavy (non-hydrogen) atoms. The molecule has 0 N–H and O–H groups in total. The van der Waals surface area contributed by atoms with Crippen LogP contribution in [0.2, 0.25) is 0 Å². The monoisotopic (exact) mass is 441 g/mol. The summed E-state index contributed by atoms with van der Waals surface area (Å²) >= 11 is 0. The van der Waals surface area contributed by atoms with E-state index in [-0.39, 0.29) is 17.9 Å². The van der Waals surface area contributed by atoms with Gasteiger partial charge in [0.2, 0.25) is 5.91 Å². The molecule has 0 aliphatic heterocycles. The van der Waals surface area contributed by atoms with Crippen LogP contribution in [0.25, 0.3) is 5.57 Å². The first-order chi connectivity index (χ1) is 15.7. The highest BCUT2D eigenvalue weighted by Crippen LogP contribution is 2.31. The van der Waals surface area contributed by atoms with Crippen molar-refractivity contribution in [2.24, 2.45) is 0 Å². The maximum Gasteiger partial charge on any atom is 0.336 e. The minimum Gasteiger partial charge on any atom is -0.466 e. The zero-order chi connectivity index (χ0) is 24.0. The Morgan fingerprint density at radius 3 is 1.79 bits per heavy atom. The lowest BCUT2D eigenvalue weighted by molar-refractivity contribution is -0.136. The first kappa shape index (κ1) is 24.0. The van der Waals surface area contributed by atoms with Crippen LogP contribution in [0.1, 0.15) is 44.4 Å². The molecule has 0 aliphatic rings. The highest BCUT2D eigenvalue weighted by molar-refractivity contribution is 6.04.